The number of hydrogen-bond acceptors (Lipinski definition) is 6. The number of nitrogens with zero attached hydrogens (tertiary/aromatic N) is 2. The molecule has 0 aromatic heterocycles. The molecule has 8 nitrogen and oxygen atoms in total. The average Bonchev–Trinajstić information content (AvgIpc) is 2.45. The van der Waals surface area contributed by atoms with Crippen LogP contribution in [0.1, 0.15) is 11.1 Å². The number of aryl methyl sites for hydroxylation is 2. The summed E-state index contributed by atoms with van der Waals surface area (Å²) in [6.07, 6.45) is 0. The molecule has 0 amide bonds. The lowest BCUT2D eigenvalue weighted by molar-refractivity contribution is -0.385. The number of hydrogen-bond donors (Lipinski definition) is 2. The lowest BCUT2D eigenvalue weighted by atomic mass is 10.2. The van der Waals surface area contributed by atoms with Crippen LogP contribution >= 0.6 is 0 Å². The van der Waals surface area contributed by atoms with Gasteiger partial charge in [-0.05, 0) is 31.0 Å². The lowest BCUT2D eigenvalue weighted by Crippen LogP contribution is -1.88. The number of para-hydroxylation sites is 1. The molecule has 22 heavy (non-hydrogen) atoms. The molecule has 0 aliphatic carbocycles. The smallest absolute Gasteiger partial charge is 0.310 e. The number of non-ortho nitro benzene ring substituents is 1. The van der Waals surface area contributed by atoms with Gasteiger partial charge in [-0.3, -0.25) is 20.2 Å². The van der Waals surface area contributed by atoms with Crippen molar-refractivity contribution in [2.75, 3.05) is 0 Å². The van der Waals surface area contributed by atoms with Gasteiger partial charge >= 0.3 is 5.69 Å². The summed E-state index contributed by atoms with van der Waals surface area (Å²) < 4.78 is 0. The Morgan fingerprint density at radius 3 is 2.00 bits per heavy atom. The van der Waals surface area contributed by atoms with Gasteiger partial charge in [0.15, 0.2) is 5.75 Å². The fraction of sp³-hybridized carbons (Fsp3) is 0.143. The summed E-state index contributed by atoms with van der Waals surface area (Å²) in [5, 5.41) is 38.5. The molecule has 0 atom stereocenters. The molecule has 0 bridgehead atoms. The highest BCUT2D eigenvalue weighted by Crippen LogP contribution is 2.27. The van der Waals surface area contributed by atoms with Crippen LogP contribution in [-0.2, 0) is 0 Å². The van der Waals surface area contributed by atoms with E-state index in [-0.39, 0.29) is 22.9 Å². The zero-order valence-electron chi connectivity index (χ0n) is 11.9. The van der Waals surface area contributed by atoms with E-state index in [1.54, 1.807) is 19.9 Å². The molecule has 0 aliphatic heterocycles. The quantitative estimate of drug-likeness (QED) is 0.647. The Hall–Kier alpha value is -3.16. The Balaban J connectivity index is 0.000000220. The van der Waals surface area contributed by atoms with E-state index in [9.17, 15) is 20.2 Å². The van der Waals surface area contributed by atoms with Crippen LogP contribution < -0.4 is 0 Å². The second-order valence-corrected chi connectivity index (χ2v) is 4.43. The summed E-state index contributed by atoms with van der Waals surface area (Å²) in [5.41, 5.74) is 0.781. The minimum absolute atomic E-state index is 0.000278. The molecule has 0 saturated carbocycles. The van der Waals surface area contributed by atoms with Crippen LogP contribution in [0, 0.1) is 34.1 Å². The van der Waals surface area contributed by atoms with Gasteiger partial charge in [0.25, 0.3) is 5.69 Å². The minimum Gasteiger partial charge on any atom is -0.508 e. The molecule has 2 aromatic rings. The van der Waals surface area contributed by atoms with E-state index >= 15 is 0 Å². The molecule has 0 saturated heterocycles. The molecule has 0 unspecified atom stereocenters. The van der Waals surface area contributed by atoms with Gasteiger partial charge in [-0.25, -0.2) is 0 Å². The highest BCUT2D eigenvalue weighted by atomic mass is 16.6. The number of nitro benzene ring substituents is 2. The summed E-state index contributed by atoms with van der Waals surface area (Å²) in [6.45, 7) is 3.23. The van der Waals surface area contributed by atoms with Crippen LogP contribution in [0.15, 0.2) is 36.4 Å². The predicted octanol–water partition coefficient (Wildman–Crippen LogP) is 3.22. The molecule has 0 spiro atoms. The third-order valence-corrected chi connectivity index (χ3v) is 2.80. The monoisotopic (exact) mass is 306 g/mol. The second-order valence-electron chi connectivity index (χ2n) is 4.43. The highest BCUT2D eigenvalue weighted by molar-refractivity contribution is 5.49. The van der Waals surface area contributed by atoms with Crippen LogP contribution in [0.3, 0.4) is 0 Å². The molecule has 2 rings (SSSR count). The molecule has 0 heterocycles. The van der Waals surface area contributed by atoms with Gasteiger partial charge in [-0.1, -0.05) is 12.1 Å². The van der Waals surface area contributed by atoms with E-state index < -0.39 is 9.85 Å². The maximum atomic E-state index is 10.2. The molecule has 8 heteroatoms. The fourth-order valence-electron chi connectivity index (χ4n) is 1.54. The van der Waals surface area contributed by atoms with E-state index in [2.05, 4.69) is 0 Å². The van der Waals surface area contributed by atoms with Gasteiger partial charge < -0.3 is 10.2 Å². The summed E-state index contributed by atoms with van der Waals surface area (Å²) in [4.78, 5) is 19.3. The van der Waals surface area contributed by atoms with Crippen molar-refractivity contribution in [2.24, 2.45) is 0 Å². The number of benzene rings is 2. The van der Waals surface area contributed by atoms with Crippen LogP contribution in [0.5, 0.6) is 11.5 Å². The van der Waals surface area contributed by atoms with E-state index in [0.29, 0.717) is 11.1 Å². The topological polar surface area (TPSA) is 127 Å². The maximum Gasteiger partial charge on any atom is 0.310 e. The van der Waals surface area contributed by atoms with Crippen LogP contribution in [0.2, 0.25) is 0 Å². The Morgan fingerprint density at radius 2 is 1.55 bits per heavy atom. The number of phenols is 2. The lowest BCUT2D eigenvalue weighted by Gasteiger charge is -1.97. The average molecular weight is 306 g/mol. The first-order valence-electron chi connectivity index (χ1n) is 6.11. The summed E-state index contributed by atoms with van der Waals surface area (Å²) in [6, 6.07) is 8.32. The van der Waals surface area contributed by atoms with Crippen molar-refractivity contribution in [2.45, 2.75) is 13.8 Å². The summed E-state index contributed by atoms with van der Waals surface area (Å²) >= 11 is 0. The van der Waals surface area contributed by atoms with Crippen molar-refractivity contribution in [1.29, 1.82) is 0 Å². The zero-order valence-corrected chi connectivity index (χ0v) is 11.9. The largest absolute Gasteiger partial charge is 0.508 e. The van der Waals surface area contributed by atoms with E-state index in [1.807, 2.05) is 0 Å². The van der Waals surface area contributed by atoms with Crippen molar-refractivity contribution in [1.82, 2.24) is 0 Å². The van der Waals surface area contributed by atoms with Crippen molar-refractivity contribution >= 4 is 11.4 Å². The van der Waals surface area contributed by atoms with Gasteiger partial charge in [-0.2, -0.15) is 0 Å². The molecule has 0 radical (unpaired) electrons. The Bertz CT molecular complexity index is 714. The van der Waals surface area contributed by atoms with Crippen LogP contribution in [0.4, 0.5) is 11.4 Å². The molecular formula is C14H14N2O6. The first-order valence-corrected chi connectivity index (χ1v) is 6.11. The number of nitro groups is 2. The SMILES string of the molecule is Cc1cc([N+](=O)[O-])ccc1O.Cc1cccc([N+](=O)[O-])c1O. The third kappa shape index (κ3) is 4.17. The fourth-order valence-corrected chi connectivity index (χ4v) is 1.54. The Kier molecular flexibility index (Phi) is 5.39. The van der Waals surface area contributed by atoms with Crippen LogP contribution in [0.25, 0.3) is 0 Å². The molecule has 0 aliphatic rings. The van der Waals surface area contributed by atoms with Crippen molar-refractivity contribution in [3.63, 3.8) is 0 Å². The van der Waals surface area contributed by atoms with Crippen molar-refractivity contribution in [3.05, 3.63) is 67.8 Å². The number of aromatic hydroxyl groups is 2. The summed E-state index contributed by atoms with van der Waals surface area (Å²) in [5.74, 6) is -0.173. The van der Waals surface area contributed by atoms with E-state index in [0.717, 1.165) is 0 Å². The molecule has 2 N–H and O–H groups in total. The van der Waals surface area contributed by atoms with Crippen molar-refractivity contribution < 1.29 is 20.1 Å². The van der Waals surface area contributed by atoms with Gasteiger partial charge in [-0.15, -0.1) is 0 Å². The normalized spacial score (nSPS) is 9.55. The second kappa shape index (κ2) is 7.02. The van der Waals surface area contributed by atoms with Gasteiger partial charge in [0.2, 0.25) is 0 Å². The standard InChI is InChI=1S/2C7H7NO3/c1-5-4-6(8(10)11)2-3-7(5)9;1-5-3-2-4-6(7(5)9)8(10)11/h2*2-4,9H,1H3. The first-order chi connectivity index (χ1) is 10.2. The number of rotatable bonds is 2. The minimum atomic E-state index is -0.609. The zero-order chi connectivity index (χ0) is 16.9. The van der Waals surface area contributed by atoms with Gasteiger partial charge in [0, 0.05) is 18.2 Å². The Morgan fingerprint density at radius 1 is 0.909 bits per heavy atom. The predicted molar refractivity (Wildman–Crippen MR) is 79.0 cm³/mol. The Labute approximate surface area is 125 Å². The number of phenolic OH excluding ortho intramolecular Hbond substituents is 2. The molecule has 0 fully saturated rings. The summed E-state index contributed by atoms with van der Waals surface area (Å²) in [7, 11) is 0. The van der Waals surface area contributed by atoms with E-state index in [4.69, 9.17) is 10.2 Å². The van der Waals surface area contributed by atoms with Gasteiger partial charge in [0.05, 0.1) is 9.85 Å². The highest BCUT2D eigenvalue weighted by Gasteiger charge is 2.12. The molecule has 116 valence electrons. The van der Waals surface area contributed by atoms with Crippen LogP contribution in [-0.4, -0.2) is 20.1 Å². The van der Waals surface area contributed by atoms with Crippen molar-refractivity contribution in [3.8, 4) is 11.5 Å². The third-order valence-electron chi connectivity index (χ3n) is 2.80. The van der Waals surface area contributed by atoms with Gasteiger partial charge in [0.1, 0.15) is 5.75 Å². The first kappa shape index (κ1) is 16.9. The molecule has 2 aromatic carbocycles. The van der Waals surface area contributed by atoms with E-state index in [1.165, 1.54) is 30.3 Å². The maximum absolute atomic E-state index is 10.2. The molecular weight excluding hydrogens is 292 g/mol.